The largest absolute Gasteiger partial charge is 0.401 e. The van der Waals surface area contributed by atoms with E-state index >= 15 is 0 Å². The van der Waals surface area contributed by atoms with Crippen LogP contribution in [0.25, 0.3) is 0 Å². The molecule has 0 spiro atoms. The van der Waals surface area contributed by atoms with E-state index in [4.69, 9.17) is 0 Å². The highest BCUT2D eigenvalue weighted by atomic mass is 19.4. The van der Waals surface area contributed by atoms with Gasteiger partial charge >= 0.3 is 6.18 Å². The summed E-state index contributed by atoms with van der Waals surface area (Å²) in [5.74, 6) is -3.01. The maximum absolute atomic E-state index is 13.1. The Kier molecular flexibility index (Phi) is 5.44. The zero-order chi connectivity index (χ0) is 16.4. The van der Waals surface area contributed by atoms with Crippen molar-refractivity contribution in [2.75, 3.05) is 6.54 Å². The van der Waals surface area contributed by atoms with Gasteiger partial charge in [0.05, 0.1) is 12.6 Å². The van der Waals surface area contributed by atoms with Crippen LogP contribution in [0.5, 0.6) is 0 Å². The summed E-state index contributed by atoms with van der Waals surface area (Å²) < 4.78 is 63.6. The molecule has 1 atom stereocenters. The molecule has 0 N–H and O–H groups in total. The van der Waals surface area contributed by atoms with E-state index in [9.17, 15) is 26.7 Å². The molecule has 0 amide bonds. The first kappa shape index (κ1) is 17.6. The highest BCUT2D eigenvalue weighted by Crippen LogP contribution is 2.22. The van der Waals surface area contributed by atoms with Crippen molar-refractivity contribution in [3.05, 3.63) is 35.4 Å². The molecule has 1 unspecified atom stereocenters. The molecule has 0 heterocycles. The van der Waals surface area contributed by atoms with Crippen molar-refractivity contribution in [3.63, 3.8) is 0 Å². The fourth-order valence-electron chi connectivity index (χ4n) is 2.01. The molecule has 1 rings (SSSR count). The van der Waals surface area contributed by atoms with Crippen molar-refractivity contribution < 1.29 is 26.7 Å². The maximum Gasteiger partial charge on any atom is 0.401 e. The smallest absolute Gasteiger partial charge is 0.292 e. The van der Waals surface area contributed by atoms with Crippen LogP contribution in [0.4, 0.5) is 22.0 Å². The molecule has 0 saturated heterocycles. The lowest BCUT2D eigenvalue weighted by molar-refractivity contribution is -0.152. The third-order valence-corrected chi connectivity index (χ3v) is 3.11. The van der Waals surface area contributed by atoms with Crippen LogP contribution >= 0.6 is 0 Å². The Morgan fingerprint density at radius 3 is 2.14 bits per heavy atom. The molecule has 7 heteroatoms. The fraction of sp³-hybridized carbons (Fsp3) is 0.500. The van der Waals surface area contributed by atoms with E-state index in [1.165, 1.54) is 20.8 Å². The van der Waals surface area contributed by atoms with Crippen LogP contribution in [-0.2, 0) is 0 Å². The van der Waals surface area contributed by atoms with Gasteiger partial charge in [0, 0.05) is 11.6 Å². The number of hydrogen-bond acceptors (Lipinski definition) is 2. The lowest BCUT2D eigenvalue weighted by atomic mass is 10.0. The maximum atomic E-state index is 13.1. The minimum absolute atomic E-state index is 0.158. The summed E-state index contributed by atoms with van der Waals surface area (Å²) in [5, 5.41) is 0. The Morgan fingerprint density at radius 2 is 1.71 bits per heavy atom. The number of nitrogens with zero attached hydrogens (tertiary/aromatic N) is 1. The van der Waals surface area contributed by atoms with Gasteiger partial charge in [-0.2, -0.15) is 13.2 Å². The molecule has 0 radical (unpaired) electrons. The predicted octanol–water partition coefficient (Wildman–Crippen LogP) is 3.81. The van der Waals surface area contributed by atoms with Gasteiger partial charge in [0.25, 0.3) is 0 Å². The third-order valence-electron chi connectivity index (χ3n) is 3.11. The van der Waals surface area contributed by atoms with Crippen LogP contribution in [0.2, 0.25) is 0 Å². The normalized spacial score (nSPS) is 13.8. The van der Waals surface area contributed by atoms with Gasteiger partial charge in [-0.3, -0.25) is 9.69 Å². The highest BCUT2D eigenvalue weighted by molar-refractivity contribution is 5.99. The fourth-order valence-corrected chi connectivity index (χ4v) is 2.01. The van der Waals surface area contributed by atoms with Gasteiger partial charge < -0.3 is 0 Å². The molecule has 118 valence electrons. The number of halogens is 5. The van der Waals surface area contributed by atoms with Crippen LogP contribution in [-0.4, -0.2) is 35.5 Å². The Morgan fingerprint density at radius 1 is 1.14 bits per heavy atom. The third kappa shape index (κ3) is 4.77. The average Bonchev–Trinajstić information content (AvgIpc) is 2.36. The molecule has 0 bridgehead atoms. The van der Waals surface area contributed by atoms with Crippen molar-refractivity contribution in [1.29, 1.82) is 0 Å². The van der Waals surface area contributed by atoms with Crippen molar-refractivity contribution in [3.8, 4) is 0 Å². The van der Waals surface area contributed by atoms with E-state index in [0.717, 1.165) is 17.0 Å². The second kappa shape index (κ2) is 6.51. The Bertz CT molecular complexity index is 513. The summed E-state index contributed by atoms with van der Waals surface area (Å²) in [7, 11) is 0. The topological polar surface area (TPSA) is 20.3 Å². The first-order chi connectivity index (χ1) is 9.53. The first-order valence-corrected chi connectivity index (χ1v) is 6.34. The molecule has 1 aromatic carbocycles. The van der Waals surface area contributed by atoms with Gasteiger partial charge in [-0.05, 0) is 39.0 Å². The van der Waals surface area contributed by atoms with Gasteiger partial charge in [0.15, 0.2) is 17.4 Å². The number of hydrogen-bond donors (Lipinski definition) is 0. The molecular weight excluding hydrogens is 293 g/mol. The zero-order valence-corrected chi connectivity index (χ0v) is 11.8. The molecule has 0 fully saturated rings. The summed E-state index contributed by atoms with van der Waals surface area (Å²) in [6, 6.07) is 0.898. The monoisotopic (exact) mass is 309 g/mol. The predicted molar refractivity (Wildman–Crippen MR) is 68.0 cm³/mol. The van der Waals surface area contributed by atoms with Crippen LogP contribution in [0.15, 0.2) is 18.2 Å². The lowest BCUT2D eigenvalue weighted by Gasteiger charge is -2.32. The SMILES string of the molecule is CC(C)N(CC(F)(F)F)C(C)C(=O)c1ccc(F)c(F)c1. The second-order valence-electron chi connectivity index (χ2n) is 5.05. The Hall–Kier alpha value is -1.50. The summed E-state index contributed by atoms with van der Waals surface area (Å²) in [6.45, 7) is 3.12. The summed E-state index contributed by atoms with van der Waals surface area (Å²) in [6.07, 6.45) is -4.45. The van der Waals surface area contributed by atoms with Crippen LogP contribution in [0, 0.1) is 11.6 Å². The van der Waals surface area contributed by atoms with Gasteiger partial charge in [0.2, 0.25) is 0 Å². The van der Waals surface area contributed by atoms with Gasteiger partial charge in [-0.25, -0.2) is 8.78 Å². The number of rotatable bonds is 5. The van der Waals surface area contributed by atoms with Crippen molar-refractivity contribution >= 4 is 5.78 Å². The van der Waals surface area contributed by atoms with Gasteiger partial charge in [0.1, 0.15) is 0 Å². The van der Waals surface area contributed by atoms with Crippen LogP contribution in [0.3, 0.4) is 0 Å². The molecule has 0 aliphatic heterocycles. The summed E-state index contributed by atoms with van der Waals surface area (Å²) in [4.78, 5) is 13.1. The van der Waals surface area contributed by atoms with Crippen molar-refractivity contribution in [2.24, 2.45) is 0 Å². The van der Waals surface area contributed by atoms with Gasteiger partial charge in [-0.1, -0.05) is 0 Å². The molecule has 0 aromatic heterocycles. The van der Waals surface area contributed by atoms with Crippen molar-refractivity contribution in [1.82, 2.24) is 4.90 Å². The van der Waals surface area contributed by atoms with E-state index in [0.29, 0.717) is 6.07 Å². The Balaban J connectivity index is 2.99. The summed E-state index contributed by atoms with van der Waals surface area (Å²) >= 11 is 0. The summed E-state index contributed by atoms with van der Waals surface area (Å²) in [5.41, 5.74) is -0.158. The molecule has 21 heavy (non-hydrogen) atoms. The second-order valence-corrected chi connectivity index (χ2v) is 5.05. The molecule has 0 saturated carbocycles. The van der Waals surface area contributed by atoms with Crippen LogP contribution in [0.1, 0.15) is 31.1 Å². The molecule has 0 aliphatic rings. The molecular formula is C14H16F5NO. The van der Waals surface area contributed by atoms with Crippen molar-refractivity contribution in [2.45, 2.75) is 39.0 Å². The minimum atomic E-state index is -4.45. The van der Waals surface area contributed by atoms with E-state index in [1.54, 1.807) is 0 Å². The van der Waals surface area contributed by atoms with E-state index < -0.39 is 42.2 Å². The van der Waals surface area contributed by atoms with Crippen LogP contribution < -0.4 is 0 Å². The van der Waals surface area contributed by atoms with E-state index in [-0.39, 0.29) is 5.56 Å². The number of Topliss-reactive ketones (excluding diaryl/α,β-unsaturated/α-hetero) is 1. The van der Waals surface area contributed by atoms with Gasteiger partial charge in [-0.15, -0.1) is 0 Å². The number of ketones is 1. The first-order valence-electron chi connectivity index (χ1n) is 6.34. The molecule has 1 aromatic rings. The number of carbonyl (C=O) groups excluding carboxylic acids is 1. The number of carbonyl (C=O) groups is 1. The Labute approximate surface area is 119 Å². The molecule has 2 nitrogen and oxygen atoms in total. The number of benzene rings is 1. The average molecular weight is 309 g/mol. The lowest BCUT2D eigenvalue weighted by Crippen LogP contribution is -2.48. The van der Waals surface area contributed by atoms with E-state index in [1.807, 2.05) is 0 Å². The quantitative estimate of drug-likeness (QED) is 0.609. The zero-order valence-electron chi connectivity index (χ0n) is 11.8. The minimum Gasteiger partial charge on any atom is -0.292 e. The van der Waals surface area contributed by atoms with E-state index in [2.05, 4.69) is 0 Å². The standard InChI is InChI=1S/C14H16F5NO/c1-8(2)20(7-14(17,18)19)9(3)13(21)10-4-5-11(15)12(16)6-10/h4-6,8-9H,7H2,1-3H3. The molecule has 0 aliphatic carbocycles. The highest BCUT2D eigenvalue weighted by Gasteiger charge is 2.36. The number of alkyl halides is 3.